The first-order valence-electron chi connectivity index (χ1n) is 7.62. The Morgan fingerprint density at radius 2 is 2.39 bits per heavy atom. The second kappa shape index (κ2) is 9.81. The molecule has 1 aromatic rings. The molecule has 1 fully saturated rings. The summed E-state index contributed by atoms with van der Waals surface area (Å²) >= 11 is 1.86. The van der Waals surface area contributed by atoms with Gasteiger partial charge in [0.25, 0.3) is 0 Å². The first-order chi connectivity index (χ1) is 10.2. The molecule has 5 nitrogen and oxygen atoms in total. The van der Waals surface area contributed by atoms with Crippen LogP contribution in [-0.4, -0.2) is 55.7 Å². The number of nitrogens with one attached hydrogen (secondary N) is 2. The number of thiophene rings is 1. The van der Waals surface area contributed by atoms with Gasteiger partial charge in [0.1, 0.15) is 6.04 Å². The summed E-state index contributed by atoms with van der Waals surface area (Å²) in [5, 5.41) is 8.41. The van der Waals surface area contributed by atoms with Crippen LogP contribution in [0.5, 0.6) is 0 Å². The Labute approximate surface area is 154 Å². The lowest BCUT2D eigenvalue weighted by Crippen LogP contribution is -2.53. The van der Waals surface area contributed by atoms with Crippen LogP contribution in [0.2, 0.25) is 0 Å². The summed E-state index contributed by atoms with van der Waals surface area (Å²) in [6, 6.07) is 2.38. The number of amides is 1. The second-order valence-corrected chi connectivity index (χ2v) is 6.77. The van der Waals surface area contributed by atoms with E-state index in [2.05, 4.69) is 33.9 Å². The molecule has 2 unspecified atom stereocenters. The van der Waals surface area contributed by atoms with Gasteiger partial charge in [0.2, 0.25) is 5.91 Å². The quantitative estimate of drug-likeness (QED) is 0.828. The summed E-state index contributed by atoms with van der Waals surface area (Å²) < 4.78 is 5.32. The van der Waals surface area contributed by atoms with Gasteiger partial charge in [0.15, 0.2) is 0 Å². The van der Waals surface area contributed by atoms with Gasteiger partial charge in [-0.3, -0.25) is 9.69 Å². The first kappa shape index (κ1) is 20.7. The van der Waals surface area contributed by atoms with Crippen LogP contribution in [0.3, 0.4) is 0 Å². The zero-order valence-corrected chi connectivity index (χ0v) is 15.7. The van der Waals surface area contributed by atoms with Gasteiger partial charge in [-0.25, -0.2) is 0 Å². The highest BCUT2D eigenvalue weighted by Gasteiger charge is 2.24. The predicted molar refractivity (Wildman–Crippen MR) is 98.0 cm³/mol. The summed E-state index contributed by atoms with van der Waals surface area (Å²) in [6.45, 7) is 6.87. The fraction of sp³-hybridized carbons (Fsp3) is 0.667. The molecule has 132 valence electrons. The van der Waals surface area contributed by atoms with E-state index >= 15 is 0 Å². The normalized spacial score (nSPS) is 22.2. The third kappa shape index (κ3) is 5.31. The summed E-state index contributed by atoms with van der Waals surface area (Å²) in [4.78, 5) is 16.0. The zero-order valence-electron chi connectivity index (χ0n) is 13.2. The largest absolute Gasteiger partial charge is 0.378 e. The van der Waals surface area contributed by atoms with Crippen molar-refractivity contribution < 1.29 is 9.53 Å². The number of carbonyl (C=O) groups excluding carboxylic acids is 1. The van der Waals surface area contributed by atoms with Crippen molar-refractivity contribution in [1.82, 2.24) is 15.5 Å². The number of morpholine rings is 1. The Kier molecular flexibility index (Phi) is 8.82. The molecule has 1 amide bonds. The van der Waals surface area contributed by atoms with E-state index in [1.54, 1.807) is 0 Å². The molecule has 2 aliphatic heterocycles. The van der Waals surface area contributed by atoms with Crippen molar-refractivity contribution in [3.63, 3.8) is 0 Å². The fourth-order valence-corrected chi connectivity index (χ4v) is 3.77. The maximum atomic E-state index is 12.1. The molecular formula is C15H25Cl2N3O2S. The molecule has 3 rings (SSSR count). The van der Waals surface area contributed by atoms with E-state index < -0.39 is 0 Å². The lowest BCUT2D eigenvalue weighted by Gasteiger charge is -2.33. The van der Waals surface area contributed by atoms with Crippen LogP contribution in [0.4, 0.5) is 0 Å². The number of hydrogen-bond donors (Lipinski definition) is 2. The van der Waals surface area contributed by atoms with Crippen molar-refractivity contribution in [2.75, 3.05) is 32.8 Å². The van der Waals surface area contributed by atoms with E-state index in [1.807, 2.05) is 11.3 Å². The lowest BCUT2D eigenvalue weighted by molar-refractivity contribution is -0.126. The molecule has 2 aliphatic rings. The average molecular weight is 382 g/mol. The van der Waals surface area contributed by atoms with Gasteiger partial charge < -0.3 is 15.4 Å². The molecule has 0 bridgehead atoms. The van der Waals surface area contributed by atoms with Crippen molar-refractivity contribution in [1.29, 1.82) is 0 Å². The third-order valence-electron chi connectivity index (χ3n) is 4.27. The molecule has 23 heavy (non-hydrogen) atoms. The molecule has 0 aliphatic carbocycles. The van der Waals surface area contributed by atoms with Crippen LogP contribution in [0, 0.1) is 0 Å². The van der Waals surface area contributed by atoms with E-state index in [0.29, 0.717) is 25.8 Å². The molecule has 2 atom stereocenters. The fourth-order valence-electron chi connectivity index (χ4n) is 2.88. The minimum Gasteiger partial charge on any atom is -0.378 e. The first-order valence-corrected chi connectivity index (χ1v) is 8.50. The van der Waals surface area contributed by atoms with Crippen LogP contribution in [0.1, 0.15) is 17.4 Å². The smallest absolute Gasteiger partial charge is 0.239 e. The SMILES string of the molecule is CC(CNC(=O)C1COCCN1)N1CCc2sccc2C1.Cl.Cl. The lowest BCUT2D eigenvalue weighted by atomic mass is 10.1. The Morgan fingerprint density at radius 1 is 1.57 bits per heavy atom. The number of fused-ring (bicyclic) bond motifs is 1. The van der Waals surface area contributed by atoms with Crippen molar-refractivity contribution in [3.8, 4) is 0 Å². The van der Waals surface area contributed by atoms with E-state index in [1.165, 1.54) is 10.4 Å². The standard InChI is InChI=1S/C15H23N3O2S.2ClH/c1-11(8-17-15(19)13-10-20-6-4-16-13)18-5-2-14-12(9-18)3-7-21-14;;/h3,7,11,13,16H,2,4-6,8-10H2,1H3,(H,17,19);2*1H. The number of nitrogens with zero attached hydrogens (tertiary/aromatic N) is 1. The van der Waals surface area contributed by atoms with Gasteiger partial charge in [0.05, 0.1) is 13.2 Å². The average Bonchev–Trinajstić information content (AvgIpc) is 3.00. The summed E-state index contributed by atoms with van der Waals surface area (Å²) in [6.07, 6.45) is 1.13. The van der Waals surface area contributed by atoms with E-state index in [0.717, 1.165) is 26.1 Å². The molecular weight excluding hydrogens is 357 g/mol. The van der Waals surface area contributed by atoms with Crippen molar-refractivity contribution in [2.24, 2.45) is 0 Å². The molecule has 1 saturated heterocycles. The maximum Gasteiger partial charge on any atom is 0.239 e. The van der Waals surface area contributed by atoms with Crippen LogP contribution in [0.15, 0.2) is 11.4 Å². The number of halogens is 2. The van der Waals surface area contributed by atoms with Gasteiger partial charge in [-0.2, -0.15) is 0 Å². The van der Waals surface area contributed by atoms with E-state index in [4.69, 9.17) is 4.74 Å². The van der Waals surface area contributed by atoms with Crippen molar-refractivity contribution >= 4 is 42.1 Å². The monoisotopic (exact) mass is 381 g/mol. The Morgan fingerprint density at radius 3 is 3.13 bits per heavy atom. The third-order valence-corrected chi connectivity index (χ3v) is 5.29. The van der Waals surface area contributed by atoms with Gasteiger partial charge in [0, 0.05) is 37.1 Å². The second-order valence-electron chi connectivity index (χ2n) is 5.77. The molecule has 0 spiro atoms. The van der Waals surface area contributed by atoms with Crippen LogP contribution >= 0.6 is 36.2 Å². The Balaban J connectivity index is 0.00000132. The number of rotatable bonds is 4. The molecule has 8 heteroatoms. The molecule has 1 aromatic heterocycles. The summed E-state index contributed by atoms with van der Waals surface area (Å²) in [5.41, 5.74) is 1.45. The molecule has 0 aromatic carbocycles. The van der Waals surface area contributed by atoms with Gasteiger partial charge in [-0.1, -0.05) is 0 Å². The summed E-state index contributed by atoms with van der Waals surface area (Å²) in [7, 11) is 0. The highest BCUT2D eigenvalue weighted by atomic mass is 35.5. The topological polar surface area (TPSA) is 53.6 Å². The highest BCUT2D eigenvalue weighted by Crippen LogP contribution is 2.24. The number of hydrogen-bond acceptors (Lipinski definition) is 5. The Bertz CT molecular complexity index is 495. The summed E-state index contributed by atoms with van der Waals surface area (Å²) in [5.74, 6) is 0.0507. The minimum absolute atomic E-state index is 0. The van der Waals surface area contributed by atoms with Crippen molar-refractivity contribution in [2.45, 2.75) is 32.0 Å². The van der Waals surface area contributed by atoms with E-state index in [-0.39, 0.29) is 36.8 Å². The zero-order chi connectivity index (χ0) is 14.7. The Hall–Kier alpha value is -0.370. The van der Waals surface area contributed by atoms with Crippen LogP contribution < -0.4 is 10.6 Å². The van der Waals surface area contributed by atoms with Crippen LogP contribution in [0.25, 0.3) is 0 Å². The van der Waals surface area contributed by atoms with E-state index in [9.17, 15) is 4.79 Å². The highest BCUT2D eigenvalue weighted by molar-refractivity contribution is 7.10. The predicted octanol–water partition coefficient (Wildman–Crippen LogP) is 1.44. The van der Waals surface area contributed by atoms with Crippen molar-refractivity contribution in [3.05, 3.63) is 21.9 Å². The molecule has 0 radical (unpaired) electrons. The van der Waals surface area contributed by atoms with Gasteiger partial charge in [-0.15, -0.1) is 36.2 Å². The van der Waals surface area contributed by atoms with Crippen LogP contribution in [-0.2, 0) is 22.5 Å². The molecule has 2 N–H and O–H groups in total. The molecule has 3 heterocycles. The number of ether oxygens (including phenoxy) is 1. The maximum absolute atomic E-state index is 12.1. The molecule has 0 saturated carbocycles. The number of carbonyl (C=O) groups is 1. The van der Waals surface area contributed by atoms with Gasteiger partial charge in [-0.05, 0) is 30.4 Å². The minimum atomic E-state index is -0.198. The van der Waals surface area contributed by atoms with Gasteiger partial charge >= 0.3 is 0 Å².